The van der Waals surface area contributed by atoms with Crippen LogP contribution in [0.25, 0.3) is 32.6 Å². The van der Waals surface area contributed by atoms with E-state index in [0.717, 1.165) is 16.7 Å². The molecule has 3 aromatic heterocycles. The number of rotatable bonds is 12. The van der Waals surface area contributed by atoms with Crippen molar-refractivity contribution in [2.75, 3.05) is 59.7 Å². The number of hydrogen-bond donors (Lipinski definition) is 3. The zero-order chi connectivity index (χ0) is 33.8. The van der Waals surface area contributed by atoms with Crippen molar-refractivity contribution in [2.45, 2.75) is 19.6 Å². The quantitative estimate of drug-likeness (QED) is 0.199. The van der Waals surface area contributed by atoms with Gasteiger partial charge in [0.15, 0.2) is 5.69 Å². The van der Waals surface area contributed by atoms with E-state index in [1.807, 2.05) is 38.0 Å². The van der Waals surface area contributed by atoms with Gasteiger partial charge in [-0.2, -0.15) is 13.2 Å². The van der Waals surface area contributed by atoms with Gasteiger partial charge in [0, 0.05) is 72.1 Å². The van der Waals surface area contributed by atoms with E-state index in [2.05, 4.69) is 20.6 Å². The maximum absolute atomic E-state index is 13.6. The minimum atomic E-state index is -4.70. The molecule has 46 heavy (non-hydrogen) atoms. The van der Waals surface area contributed by atoms with E-state index in [-0.39, 0.29) is 45.3 Å². The van der Waals surface area contributed by atoms with E-state index in [1.54, 1.807) is 17.6 Å². The van der Waals surface area contributed by atoms with Crippen molar-refractivity contribution in [3.05, 3.63) is 57.5 Å². The number of anilines is 1. The molecule has 12 nitrogen and oxygen atoms in total. The van der Waals surface area contributed by atoms with Gasteiger partial charge >= 0.3 is 18.2 Å². The Balaban J connectivity index is 2.02. The number of ether oxygens (including phenoxy) is 1. The number of carboxylic acid groups (broad SMARTS) is 1. The molecule has 4 rings (SSSR count). The number of nitrogens with one attached hydrogen (secondary N) is 2. The number of nitrogens with zero attached hydrogens (tertiary/aromatic N) is 5. The van der Waals surface area contributed by atoms with Crippen molar-refractivity contribution in [3.63, 3.8) is 0 Å². The fourth-order valence-electron chi connectivity index (χ4n) is 4.49. The van der Waals surface area contributed by atoms with Crippen LogP contribution in [0.2, 0.25) is 0 Å². The Morgan fingerprint density at radius 1 is 1.07 bits per heavy atom. The molecule has 4 aromatic rings. The predicted molar refractivity (Wildman–Crippen MR) is 170 cm³/mol. The molecule has 0 bridgehead atoms. The van der Waals surface area contributed by atoms with E-state index in [9.17, 15) is 32.7 Å². The van der Waals surface area contributed by atoms with Gasteiger partial charge in [0.25, 0.3) is 0 Å². The molecule has 246 valence electrons. The van der Waals surface area contributed by atoms with Gasteiger partial charge in [0.1, 0.15) is 28.7 Å². The van der Waals surface area contributed by atoms with E-state index >= 15 is 0 Å². The molecule has 0 aliphatic rings. The highest BCUT2D eigenvalue weighted by Crippen LogP contribution is 2.42. The number of urea groups is 1. The Kier molecular flexibility index (Phi) is 10.6. The van der Waals surface area contributed by atoms with Crippen LogP contribution in [0.15, 0.2) is 40.8 Å². The average molecular weight is 662 g/mol. The van der Waals surface area contributed by atoms with Gasteiger partial charge in [-0.1, -0.05) is 0 Å². The van der Waals surface area contributed by atoms with Gasteiger partial charge in [-0.25, -0.2) is 19.6 Å². The normalized spacial score (nSPS) is 11.8. The molecule has 1 aromatic carbocycles. The maximum Gasteiger partial charge on any atom is 0.434 e. The SMILES string of the molecule is CCNC(=O)Nc1cc(-c2nc(C(F)(F)F)cs2)c(-c2cc3c(=O)c(C(=O)O)cn(CCN(C)C)c3cc2OCCN(C)C)cn1. The first-order valence-electron chi connectivity index (χ1n) is 14.1. The minimum absolute atomic E-state index is 0.0225. The van der Waals surface area contributed by atoms with E-state index in [1.165, 1.54) is 24.5 Å². The number of hydrogen-bond acceptors (Lipinski definition) is 9. The largest absolute Gasteiger partial charge is 0.492 e. The van der Waals surface area contributed by atoms with Crippen LogP contribution in [0.5, 0.6) is 5.75 Å². The van der Waals surface area contributed by atoms with Crippen molar-refractivity contribution >= 4 is 40.1 Å². The molecule has 3 N–H and O–H groups in total. The second kappa shape index (κ2) is 14.3. The fourth-order valence-corrected chi connectivity index (χ4v) is 5.35. The van der Waals surface area contributed by atoms with Crippen molar-refractivity contribution in [1.29, 1.82) is 0 Å². The number of amides is 2. The van der Waals surface area contributed by atoms with Crippen LogP contribution in [0.1, 0.15) is 23.0 Å². The molecule has 2 amide bonds. The third-order valence-corrected chi connectivity index (χ3v) is 7.67. The van der Waals surface area contributed by atoms with Gasteiger partial charge < -0.3 is 29.5 Å². The first kappa shape index (κ1) is 34.3. The molecule has 0 saturated heterocycles. The molecule has 0 radical (unpaired) electrons. The molecule has 0 atom stereocenters. The number of aromatic nitrogens is 3. The van der Waals surface area contributed by atoms with Crippen molar-refractivity contribution in [2.24, 2.45) is 0 Å². The molecule has 0 aliphatic heterocycles. The summed E-state index contributed by atoms with van der Waals surface area (Å²) in [5.74, 6) is -1.07. The van der Waals surface area contributed by atoms with Crippen LogP contribution in [0, 0.1) is 0 Å². The summed E-state index contributed by atoms with van der Waals surface area (Å²) in [6, 6.07) is 3.91. The molecule has 0 spiro atoms. The number of fused-ring (bicyclic) bond motifs is 1. The summed E-state index contributed by atoms with van der Waals surface area (Å²) in [5.41, 5.74) is -1.13. The van der Waals surface area contributed by atoms with Crippen LogP contribution < -0.4 is 20.8 Å². The number of halogens is 3. The molecule has 0 unspecified atom stereocenters. The van der Waals surface area contributed by atoms with Gasteiger partial charge in [-0.3, -0.25) is 10.1 Å². The lowest BCUT2D eigenvalue weighted by molar-refractivity contribution is -0.140. The summed E-state index contributed by atoms with van der Waals surface area (Å²) in [6.45, 7) is 3.67. The zero-order valence-electron chi connectivity index (χ0n) is 25.9. The number of thiazole rings is 1. The van der Waals surface area contributed by atoms with Gasteiger partial charge in [-0.05, 0) is 47.2 Å². The number of likely N-dealkylation sites (N-methyl/N-ethyl adjacent to an activating group) is 2. The van der Waals surface area contributed by atoms with Crippen molar-refractivity contribution in [3.8, 4) is 27.4 Å². The molecule has 3 heterocycles. The first-order valence-corrected chi connectivity index (χ1v) is 15.0. The molecular formula is C30H34F3N7O5S. The molecule has 0 aliphatic carbocycles. The first-order chi connectivity index (χ1) is 21.7. The van der Waals surface area contributed by atoms with Crippen LogP contribution in [-0.4, -0.2) is 95.9 Å². The van der Waals surface area contributed by atoms with E-state index < -0.39 is 34.9 Å². The number of aromatic carboxylic acids is 1. The molecular weight excluding hydrogens is 627 g/mol. The number of alkyl halides is 3. The van der Waals surface area contributed by atoms with E-state index in [0.29, 0.717) is 31.7 Å². The smallest absolute Gasteiger partial charge is 0.434 e. The summed E-state index contributed by atoms with van der Waals surface area (Å²) in [6.07, 6.45) is -2.06. The predicted octanol–water partition coefficient (Wildman–Crippen LogP) is 4.55. The number of benzene rings is 1. The van der Waals surface area contributed by atoms with Crippen LogP contribution in [0.4, 0.5) is 23.8 Å². The molecule has 16 heteroatoms. The Bertz CT molecular complexity index is 1800. The zero-order valence-corrected chi connectivity index (χ0v) is 26.7. The third kappa shape index (κ3) is 7.99. The highest BCUT2D eigenvalue weighted by molar-refractivity contribution is 7.13. The summed E-state index contributed by atoms with van der Waals surface area (Å²) < 4.78 is 48.6. The topological polar surface area (TPSA) is 142 Å². The van der Waals surface area contributed by atoms with E-state index in [4.69, 9.17) is 4.74 Å². The van der Waals surface area contributed by atoms with Crippen molar-refractivity contribution in [1.82, 2.24) is 29.7 Å². The second-order valence-corrected chi connectivity index (χ2v) is 11.7. The maximum atomic E-state index is 13.6. The number of carbonyl (C=O) groups is 2. The lowest BCUT2D eigenvalue weighted by Crippen LogP contribution is -2.28. The van der Waals surface area contributed by atoms with Gasteiger partial charge in [-0.15, -0.1) is 11.3 Å². The third-order valence-electron chi connectivity index (χ3n) is 6.79. The van der Waals surface area contributed by atoms with Crippen LogP contribution in [-0.2, 0) is 12.7 Å². The Morgan fingerprint density at radius 2 is 1.78 bits per heavy atom. The van der Waals surface area contributed by atoms with Crippen LogP contribution in [0.3, 0.4) is 0 Å². The highest BCUT2D eigenvalue weighted by atomic mass is 32.1. The standard InChI is InChI=1S/C30H34F3N7O5S/c1-6-34-29(44)37-25-12-18(27-36-24(16-46-27)30(31,32)33)20(14-35-25)17-11-19-22(13-23(17)45-10-9-39(4)5)40(8-7-38(2)3)15-21(26(19)41)28(42)43/h11-16H,6-10H2,1-5H3,(H,42,43)(H2,34,35,37,44). The summed E-state index contributed by atoms with van der Waals surface area (Å²) in [4.78, 5) is 49.8. The summed E-state index contributed by atoms with van der Waals surface area (Å²) >= 11 is 0.746. The lowest BCUT2D eigenvalue weighted by Gasteiger charge is -2.20. The van der Waals surface area contributed by atoms with Crippen LogP contribution >= 0.6 is 11.3 Å². The second-order valence-electron chi connectivity index (χ2n) is 10.8. The Labute approximate surface area is 266 Å². The van der Waals surface area contributed by atoms with Gasteiger partial charge in [0.2, 0.25) is 5.43 Å². The van der Waals surface area contributed by atoms with Crippen molar-refractivity contribution < 1.29 is 32.6 Å². The summed E-state index contributed by atoms with van der Waals surface area (Å²) in [5, 5.41) is 15.9. The fraction of sp³-hybridized carbons (Fsp3) is 0.367. The molecule has 0 fully saturated rings. The monoisotopic (exact) mass is 661 g/mol. The lowest BCUT2D eigenvalue weighted by atomic mass is 9.98. The summed E-state index contributed by atoms with van der Waals surface area (Å²) in [7, 11) is 7.44. The number of carbonyl (C=O) groups excluding carboxylic acids is 1. The Hall–Kier alpha value is -4.54. The molecule has 0 saturated carbocycles. The minimum Gasteiger partial charge on any atom is -0.492 e. The average Bonchev–Trinajstić information content (AvgIpc) is 3.48. The highest BCUT2D eigenvalue weighted by Gasteiger charge is 2.34. The Morgan fingerprint density at radius 3 is 2.39 bits per heavy atom. The number of pyridine rings is 2. The number of carboxylic acids is 1. The van der Waals surface area contributed by atoms with Gasteiger partial charge in [0.05, 0.1) is 5.52 Å².